The molecule has 0 saturated heterocycles. The van der Waals surface area contributed by atoms with Crippen molar-refractivity contribution in [2.45, 2.75) is 51.6 Å². The van der Waals surface area contributed by atoms with Crippen molar-refractivity contribution in [3.05, 3.63) is 34.3 Å². The Balaban J connectivity index is 1.37. The van der Waals surface area contributed by atoms with E-state index in [1.165, 1.54) is 11.3 Å². The molecule has 2 amide bonds. The first-order valence-electron chi connectivity index (χ1n) is 10.6. The predicted molar refractivity (Wildman–Crippen MR) is 117 cm³/mol. The van der Waals surface area contributed by atoms with Crippen LogP contribution in [0.1, 0.15) is 60.0 Å². The number of aryl methyl sites for hydroxylation is 1. The summed E-state index contributed by atoms with van der Waals surface area (Å²) in [5.74, 6) is 0.634. The van der Waals surface area contributed by atoms with Crippen molar-refractivity contribution < 1.29 is 23.8 Å². The van der Waals surface area contributed by atoms with E-state index in [1.54, 1.807) is 18.2 Å². The number of carbonyl (C=O) groups excluding carboxylic acids is 2. The van der Waals surface area contributed by atoms with Gasteiger partial charge in [-0.3, -0.25) is 14.9 Å². The summed E-state index contributed by atoms with van der Waals surface area (Å²) in [6.45, 7) is 5.35. The number of anilines is 1. The summed E-state index contributed by atoms with van der Waals surface area (Å²) < 4.78 is 16.1. The lowest BCUT2D eigenvalue weighted by molar-refractivity contribution is -0.123. The number of nitrogens with one attached hydrogen (secondary N) is 2. The van der Waals surface area contributed by atoms with Crippen molar-refractivity contribution in [3.8, 4) is 11.5 Å². The highest BCUT2D eigenvalue weighted by molar-refractivity contribution is 7.16. The molecule has 0 bridgehead atoms. The van der Waals surface area contributed by atoms with Crippen LogP contribution in [0.5, 0.6) is 11.5 Å². The number of nitrogens with zero attached hydrogens (tertiary/aromatic N) is 1. The second kappa shape index (κ2) is 9.65. The van der Waals surface area contributed by atoms with Gasteiger partial charge in [-0.05, 0) is 57.7 Å². The third-order valence-corrected chi connectivity index (χ3v) is 6.24. The molecule has 1 aromatic carbocycles. The smallest absolute Gasteiger partial charge is 0.257 e. The molecule has 1 aliphatic heterocycles. The van der Waals surface area contributed by atoms with Crippen LogP contribution in [0.15, 0.2) is 18.2 Å². The zero-order chi connectivity index (χ0) is 21.8. The molecule has 2 N–H and O–H groups in total. The molecule has 8 nitrogen and oxygen atoms in total. The summed E-state index contributed by atoms with van der Waals surface area (Å²) in [4.78, 5) is 31.0. The maximum absolute atomic E-state index is 12.7. The van der Waals surface area contributed by atoms with Crippen LogP contribution >= 0.6 is 11.3 Å². The van der Waals surface area contributed by atoms with Gasteiger partial charge in [0.1, 0.15) is 0 Å². The Morgan fingerprint density at radius 2 is 2.13 bits per heavy atom. The first-order valence-corrected chi connectivity index (χ1v) is 11.4. The SMILES string of the molecule is CC(C)OCCCNC(=O)C1CCCc2sc(NC(=O)c3ccc4c(c3)OCO4)nc21. The van der Waals surface area contributed by atoms with Gasteiger partial charge in [-0.25, -0.2) is 4.98 Å². The van der Waals surface area contributed by atoms with Gasteiger partial charge >= 0.3 is 0 Å². The van der Waals surface area contributed by atoms with E-state index < -0.39 is 0 Å². The van der Waals surface area contributed by atoms with Crippen molar-refractivity contribution in [2.75, 3.05) is 25.3 Å². The minimum atomic E-state index is -0.276. The number of hydrogen-bond donors (Lipinski definition) is 2. The van der Waals surface area contributed by atoms with Gasteiger partial charge in [-0.15, -0.1) is 11.3 Å². The van der Waals surface area contributed by atoms with Crippen molar-refractivity contribution in [1.29, 1.82) is 0 Å². The monoisotopic (exact) mass is 445 g/mol. The van der Waals surface area contributed by atoms with Gasteiger partial charge in [0.15, 0.2) is 16.6 Å². The summed E-state index contributed by atoms with van der Waals surface area (Å²) in [7, 11) is 0. The standard InChI is InChI=1S/C22H27N3O5S/c1-13(2)28-10-4-9-23-21(27)15-5-3-6-18-19(15)24-22(31-18)25-20(26)14-7-8-16-17(11-14)30-12-29-16/h7-8,11,13,15H,3-6,9-10,12H2,1-2H3,(H,23,27)(H,24,25,26). The third kappa shape index (κ3) is 5.16. The summed E-state index contributed by atoms with van der Waals surface area (Å²) in [5.41, 5.74) is 1.25. The highest BCUT2D eigenvalue weighted by Gasteiger charge is 2.30. The molecule has 0 fully saturated rings. The number of aromatic nitrogens is 1. The van der Waals surface area contributed by atoms with Crippen LogP contribution in [-0.2, 0) is 16.0 Å². The molecule has 4 rings (SSSR count). The maximum Gasteiger partial charge on any atom is 0.257 e. The van der Waals surface area contributed by atoms with Crippen LogP contribution in [0.4, 0.5) is 5.13 Å². The first kappa shape index (κ1) is 21.6. The molecule has 1 atom stereocenters. The third-order valence-electron chi connectivity index (χ3n) is 5.20. The molecule has 2 aromatic rings. The number of benzene rings is 1. The molecule has 2 heterocycles. The molecule has 1 aromatic heterocycles. The van der Waals surface area contributed by atoms with Crippen LogP contribution in [-0.4, -0.2) is 42.8 Å². The number of hydrogen-bond acceptors (Lipinski definition) is 7. The van der Waals surface area contributed by atoms with E-state index >= 15 is 0 Å². The lowest BCUT2D eigenvalue weighted by Gasteiger charge is -2.20. The molecular formula is C22H27N3O5S. The van der Waals surface area contributed by atoms with E-state index in [1.807, 2.05) is 13.8 Å². The second-order valence-electron chi connectivity index (χ2n) is 7.86. The Morgan fingerprint density at radius 1 is 1.29 bits per heavy atom. The van der Waals surface area contributed by atoms with E-state index in [-0.39, 0.29) is 30.6 Å². The molecule has 9 heteroatoms. The minimum Gasteiger partial charge on any atom is -0.454 e. The second-order valence-corrected chi connectivity index (χ2v) is 8.94. The van der Waals surface area contributed by atoms with Gasteiger partial charge in [-0.2, -0.15) is 0 Å². The number of rotatable bonds is 8. The highest BCUT2D eigenvalue weighted by Crippen LogP contribution is 2.37. The fourth-order valence-corrected chi connectivity index (χ4v) is 4.72. The normalized spacial score (nSPS) is 16.8. The highest BCUT2D eigenvalue weighted by atomic mass is 32.1. The fraction of sp³-hybridized carbons (Fsp3) is 0.500. The molecule has 1 aliphatic carbocycles. The summed E-state index contributed by atoms with van der Waals surface area (Å²) in [6.07, 6.45) is 3.54. The Bertz CT molecular complexity index is 959. The lowest BCUT2D eigenvalue weighted by atomic mass is 9.90. The minimum absolute atomic E-state index is 0.00977. The number of amides is 2. The van der Waals surface area contributed by atoms with Crippen molar-refractivity contribution in [2.24, 2.45) is 0 Å². The van der Waals surface area contributed by atoms with Crippen LogP contribution in [0, 0.1) is 0 Å². The van der Waals surface area contributed by atoms with Gasteiger partial charge < -0.3 is 19.5 Å². The van der Waals surface area contributed by atoms with Gasteiger partial charge in [0.25, 0.3) is 5.91 Å². The summed E-state index contributed by atoms with van der Waals surface area (Å²) >= 11 is 1.44. The molecule has 0 saturated carbocycles. The Hall–Kier alpha value is -2.65. The van der Waals surface area contributed by atoms with Gasteiger partial charge in [0.05, 0.1) is 17.7 Å². The van der Waals surface area contributed by atoms with Gasteiger partial charge in [0.2, 0.25) is 12.7 Å². The molecule has 31 heavy (non-hydrogen) atoms. The van der Waals surface area contributed by atoms with E-state index in [0.29, 0.717) is 35.3 Å². The van der Waals surface area contributed by atoms with Crippen molar-refractivity contribution >= 4 is 28.3 Å². The molecule has 166 valence electrons. The molecular weight excluding hydrogens is 418 g/mol. The first-order chi connectivity index (χ1) is 15.0. The topological polar surface area (TPSA) is 98.8 Å². The Morgan fingerprint density at radius 3 is 2.97 bits per heavy atom. The van der Waals surface area contributed by atoms with Crippen LogP contribution in [0.2, 0.25) is 0 Å². The van der Waals surface area contributed by atoms with E-state index in [2.05, 4.69) is 15.6 Å². The Kier molecular flexibility index (Phi) is 6.72. The van der Waals surface area contributed by atoms with Crippen molar-refractivity contribution in [1.82, 2.24) is 10.3 Å². The number of thiazole rings is 1. The predicted octanol–water partition coefficient (Wildman–Crippen LogP) is 3.48. The van der Waals surface area contributed by atoms with E-state index in [0.717, 1.165) is 36.3 Å². The average molecular weight is 446 g/mol. The zero-order valence-electron chi connectivity index (χ0n) is 17.7. The molecule has 1 unspecified atom stereocenters. The molecule has 0 radical (unpaired) electrons. The fourth-order valence-electron chi connectivity index (χ4n) is 3.66. The quantitative estimate of drug-likeness (QED) is 0.604. The number of ether oxygens (including phenoxy) is 3. The lowest BCUT2D eigenvalue weighted by Crippen LogP contribution is -2.32. The zero-order valence-corrected chi connectivity index (χ0v) is 18.5. The van der Waals surface area contributed by atoms with Gasteiger partial charge in [-0.1, -0.05) is 0 Å². The van der Waals surface area contributed by atoms with Crippen LogP contribution in [0.25, 0.3) is 0 Å². The molecule has 2 aliphatic rings. The van der Waals surface area contributed by atoms with Crippen LogP contribution in [0.3, 0.4) is 0 Å². The number of carbonyl (C=O) groups is 2. The van der Waals surface area contributed by atoms with Gasteiger partial charge in [0, 0.05) is 23.6 Å². The van der Waals surface area contributed by atoms with E-state index in [9.17, 15) is 9.59 Å². The molecule has 0 spiro atoms. The summed E-state index contributed by atoms with van der Waals surface area (Å²) in [6, 6.07) is 5.07. The van der Waals surface area contributed by atoms with Crippen molar-refractivity contribution in [3.63, 3.8) is 0 Å². The van der Waals surface area contributed by atoms with Crippen LogP contribution < -0.4 is 20.1 Å². The number of fused-ring (bicyclic) bond motifs is 2. The summed E-state index contributed by atoms with van der Waals surface area (Å²) in [5, 5.41) is 6.37. The average Bonchev–Trinajstić information content (AvgIpc) is 3.38. The van der Waals surface area contributed by atoms with E-state index in [4.69, 9.17) is 14.2 Å². The maximum atomic E-state index is 12.7. The Labute approximate surface area is 185 Å². The largest absolute Gasteiger partial charge is 0.454 e.